The second kappa shape index (κ2) is 7.36. The Morgan fingerprint density at radius 3 is 2.61 bits per heavy atom. The summed E-state index contributed by atoms with van der Waals surface area (Å²) in [6.07, 6.45) is 3.24. The minimum atomic E-state index is 0.628. The molecule has 4 rings (SSSR count). The van der Waals surface area contributed by atoms with E-state index in [2.05, 4.69) is 20.4 Å². The predicted molar refractivity (Wildman–Crippen MR) is 109 cm³/mol. The summed E-state index contributed by atoms with van der Waals surface area (Å²) in [5.41, 5.74) is 3.41. The number of aryl methyl sites for hydroxylation is 1. The van der Waals surface area contributed by atoms with Crippen molar-refractivity contribution in [1.29, 1.82) is 0 Å². The number of anilines is 2. The van der Waals surface area contributed by atoms with Gasteiger partial charge >= 0.3 is 0 Å². The van der Waals surface area contributed by atoms with Crippen LogP contribution in [0.1, 0.15) is 5.56 Å². The van der Waals surface area contributed by atoms with Gasteiger partial charge in [-0.25, -0.2) is 14.6 Å². The molecule has 1 N–H and O–H groups in total. The van der Waals surface area contributed by atoms with Crippen LogP contribution in [0, 0.1) is 6.92 Å². The Balaban J connectivity index is 1.76. The molecule has 4 aromatic rings. The highest BCUT2D eigenvalue weighted by Crippen LogP contribution is 2.32. The van der Waals surface area contributed by atoms with Gasteiger partial charge in [0.1, 0.15) is 12.1 Å². The van der Waals surface area contributed by atoms with Gasteiger partial charge in [0.2, 0.25) is 0 Å². The van der Waals surface area contributed by atoms with E-state index < -0.39 is 0 Å². The van der Waals surface area contributed by atoms with Gasteiger partial charge in [-0.1, -0.05) is 17.7 Å². The molecule has 8 heteroatoms. The van der Waals surface area contributed by atoms with E-state index in [1.54, 1.807) is 25.1 Å². The van der Waals surface area contributed by atoms with Gasteiger partial charge in [-0.05, 0) is 36.8 Å². The first-order chi connectivity index (χ1) is 13.6. The van der Waals surface area contributed by atoms with Gasteiger partial charge in [0, 0.05) is 16.8 Å². The van der Waals surface area contributed by atoms with Crippen molar-refractivity contribution in [2.24, 2.45) is 0 Å². The van der Waals surface area contributed by atoms with Gasteiger partial charge in [-0.2, -0.15) is 5.10 Å². The molecule has 0 atom stereocenters. The lowest BCUT2D eigenvalue weighted by molar-refractivity contribution is 0.355. The minimum Gasteiger partial charge on any atom is -0.493 e. The number of hydrogen-bond donors (Lipinski definition) is 1. The summed E-state index contributed by atoms with van der Waals surface area (Å²) in [6, 6.07) is 11.2. The van der Waals surface area contributed by atoms with Crippen LogP contribution in [-0.4, -0.2) is 34.0 Å². The Hall–Kier alpha value is -3.32. The van der Waals surface area contributed by atoms with Crippen molar-refractivity contribution in [3.8, 4) is 17.2 Å². The van der Waals surface area contributed by atoms with E-state index in [1.165, 1.54) is 6.33 Å². The molecule has 0 aliphatic rings. The van der Waals surface area contributed by atoms with Crippen LogP contribution in [0.2, 0.25) is 5.02 Å². The lowest BCUT2D eigenvalue weighted by atomic mass is 10.2. The zero-order valence-corrected chi connectivity index (χ0v) is 16.4. The molecule has 0 spiro atoms. The highest BCUT2D eigenvalue weighted by molar-refractivity contribution is 6.30. The highest BCUT2D eigenvalue weighted by Gasteiger charge is 2.14. The SMILES string of the molecule is COc1ccc(Nc2ncnc3c2cnn3-c2cc(Cl)ccc2C)cc1OC. The van der Waals surface area contributed by atoms with Crippen LogP contribution in [-0.2, 0) is 0 Å². The smallest absolute Gasteiger partial charge is 0.168 e. The number of rotatable bonds is 5. The van der Waals surface area contributed by atoms with Crippen molar-refractivity contribution in [3.05, 3.63) is 59.5 Å². The Kier molecular flexibility index (Phi) is 4.75. The molecular formula is C20H18ClN5O2. The van der Waals surface area contributed by atoms with Gasteiger partial charge in [-0.3, -0.25) is 0 Å². The molecule has 2 aromatic carbocycles. The second-order valence-electron chi connectivity index (χ2n) is 6.14. The first-order valence-electron chi connectivity index (χ1n) is 8.55. The lowest BCUT2D eigenvalue weighted by Crippen LogP contribution is -2.01. The summed E-state index contributed by atoms with van der Waals surface area (Å²) >= 11 is 6.17. The van der Waals surface area contributed by atoms with Gasteiger partial charge in [-0.15, -0.1) is 0 Å². The molecule has 0 unspecified atom stereocenters. The molecule has 0 saturated heterocycles. The molecule has 2 aromatic heterocycles. The minimum absolute atomic E-state index is 0.628. The standard InChI is InChI=1S/C20H18ClN5O2/c1-12-4-5-13(21)8-16(12)26-20-15(10-24-26)19(22-11-23-20)25-14-6-7-17(27-2)18(9-14)28-3/h4-11H,1-3H3,(H,22,23,25). The number of nitrogens with one attached hydrogen (secondary N) is 1. The molecule has 0 aliphatic heterocycles. The fourth-order valence-corrected chi connectivity index (χ4v) is 3.15. The Labute approximate surface area is 166 Å². The summed E-state index contributed by atoms with van der Waals surface area (Å²) in [5, 5.41) is 9.23. The average molecular weight is 396 g/mol. The van der Waals surface area contributed by atoms with Gasteiger partial charge in [0.15, 0.2) is 17.1 Å². The Morgan fingerprint density at radius 2 is 1.82 bits per heavy atom. The summed E-state index contributed by atoms with van der Waals surface area (Å²) in [5.74, 6) is 1.93. The Morgan fingerprint density at radius 1 is 1.00 bits per heavy atom. The summed E-state index contributed by atoms with van der Waals surface area (Å²) in [4.78, 5) is 8.79. The van der Waals surface area contributed by atoms with E-state index in [0.29, 0.717) is 28.0 Å². The van der Waals surface area contributed by atoms with E-state index >= 15 is 0 Å². The van der Waals surface area contributed by atoms with E-state index in [-0.39, 0.29) is 0 Å². The number of hydrogen-bond acceptors (Lipinski definition) is 6. The van der Waals surface area contributed by atoms with Crippen LogP contribution >= 0.6 is 11.6 Å². The number of halogens is 1. The van der Waals surface area contributed by atoms with E-state index in [4.69, 9.17) is 21.1 Å². The van der Waals surface area contributed by atoms with Gasteiger partial charge < -0.3 is 14.8 Å². The summed E-state index contributed by atoms with van der Waals surface area (Å²) in [6.45, 7) is 2.00. The number of methoxy groups -OCH3 is 2. The second-order valence-corrected chi connectivity index (χ2v) is 6.58. The third-order valence-electron chi connectivity index (χ3n) is 4.41. The van der Waals surface area contributed by atoms with Crippen LogP contribution in [0.5, 0.6) is 11.5 Å². The molecule has 0 saturated carbocycles. The molecule has 7 nitrogen and oxygen atoms in total. The summed E-state index contributed by atoms with van der Waals surface area (Å²) in [7, 11) is 3.20. The van der Waals surface area contributed by atoms with Crippen LogP contribution in [0.4, 0.5) is 11.5 Å². The molecule has 142 valence electrons. The number of ether oxygens (including phenoxy) is 2. The topological polar surface area (TPSA) is 74.1 Å². The largest absolute Gasteiger partial charge is 0.493 e. The summed E-state index contributed by atoms with van der Waals surface area (Å²) < 4.78 is 12.4. The van der Waals surface area contributed by atoms with Gasteiger partial charge in [0.25, 0.3) is 0 Å². The van der Waals surface area contributed by atoms with Crippen LogP contribution < -0.4 is 14.8 Å². The van der Waals surface area contributed by atoms with Crippen LogP contribution in [0.15, 0.2) is 48.9 Å². The third kappa shape index (κ3) is 3.20. The first-order valence-corrected chi connectivity index (χ1v) is 8.93. The molecule has 0 fully saturated rings. The van der Waals surface area contributed by atoms with Crippen molar-refractivity contribution in [1.82, 2.24) is 19.7 Å². The number of nitrogens with zero attached hydrogens (tertiary/aromatic N) is 4. The normalized spacial score (nSPS) is 10.9. The van der Waals surface area contributed by atoms with E-state index in [9.17, 15) is 0 Å². The molecule has 0 amide bonds. The van der Waals surface area contributed by atoms with Crippen molar-refractivity contribution in [2.75, 3.05) is 19.5 Å². The molecule has 0 bridgehead atoms. The quantitative estimate of drug-likeness (QED) is 0.534. The zero-order chi connectivity index (χ0) is 19.7. The lowest BCUT2D eigenvalue weighted by Gasteiger charge is -2.11. The molecule has 2 heterocycles. The monoisotopic (exact) mass is 395 g/mol. The highest BCUT2D eigenvalue weighted by atomic mass is 35.5. The number of fused-ring (bicyclic) bond motifs is 1. The van der Waals surface area contributed by atoms with Gasteiger partial charge in [0.05, 0.1) is 31.5 Å². The zero-order valence-electron chi connectivity index (χ0n) is 15.6. The maximum Gasteiger partial charge on any atom is 0.168 e. The number of aromatic nitrogens is 4. The third-order valence-corrected chi connectivity index (χ3v) is 4.65. The van der Waals surface area contributed by atoms with E-state index in [1.807, 2.05) is 43.3 Å². The molecule has 0 aliphatic carbocycles. The predicted octanol–water partition coefficient (Wildman–Crippen LogP) is 4.54. The van der Waals surface area contributed by atoms with Crippen LogP contribution in [0.3, 0.4) is 0 Å². The van der Waals surface area contributed by atoms with Crippen molar-refractivity contribution in [2.45, 2.75) is 6.92 Å². The van der Waals surface area contributed by atoms with Crippen LogP contribution in [0.25, 0.3) is 16.7 Å². The molecule has 0 radical (unpaired) electrons. The maximum absolute atomic E-state index is 6.17. The van der Waals surface area contributed by atoms with Crippen molar-refractivity contribution < 1.29 is 9.47 Å². The van der Waals surface area contributed by atoms with Crippen molar-refractivity contribution in [3.63, 3.8) is 0 Å². The Bertz CT molecular complexity index is 1160. The number of benzene rings is 2. The van der Waals surface area contributed by atoms with E-state index in [0.717, 1.165) is 22.3 Å². The fourth-order valence-electron chi connectivity index (χ4n) is 2.98. The average Bonchev–Trinajstić information content (AvgIpc) is 3.14. The first kappa shape index (κ1) is 18.1. The van der Waals surface area contributed by atoms with Crippen molar-refractivity contribution >= 4 is 34.1 Å². The fraction of sp³-hybridized carbons (Fsp3) is 0.150. The maximum atomic E-state index is 6.17. The molecule has 28 heavy (non-hydrogen) atoms. The molecular weight excluding hydrogens is 378 g/mol.